The first kappa shape index (κ1) is 19.6. The smallest absolute Gasteiger partial charge is 0.395 e. The molecule has 0 saturated heterocycles. The van der Waals surface area contributed by atoms with E-state index in [1.165, 1.54) is 28.4 Å². The molecule has 0 spiro atoms. The van der Waals surface area contributed by atoms with Gasteiger partial charge in [-0.1, -0.05) is 17.4 Å². The molecule has 0 atom stereocenters. The molecule has 0 radical (unpaired) electrons. The number of aromatic nitrogens is 1. The molecule has 0 N–H and O–H groups in total. The van der Waals surface area contributed by atoms with Gasteiger partial charge in [0.25, 0.3) is 5.91 Å². The maximum Gasteiger partial charge on any atom is 0.433 e. The van der Waals surface area contributed by atoms with Gasteiger partial charge in [0.2, 0.25) is 0 Å². The van der Waals surface area contributed by atoms with Crippen molar-refractivity contribution in [3.05, 3.63) is 68.6 Å². The monoisotopic (exact) mass is 445 g/mol. The first-order valence-corrected chi connectivity index (χ1v) is 11.5. The predicted octanol–water partition coefficient (Wildman–Crippen LogP) is 5.47. The van der Waals surface area contributed by atoms with Gasteiger partial charge in [-0.2, -0.15) is 0 Å². The molecule has 0 aliphatic carbocycles. The Bertz CT molecular complexity index is 1170. The second-order valence-corrected chi connectivity index (χ2v) is 8.93. The third-order valence-corrected chi connectivity index (χ3v) is 6.91. The zero-order valence-electron chi connectivity index (χ0n) is 15.2. The van der Waals surface area contributed by atoms with Crippen molar-refractivity contribution >= 4 is 61.6 Å². The fraction of sp³-hybridized carbons (Fsp3) is 0.158. The molecule has 0 aliphatic rings. The van der Waals surface area contributed by atoms with Gasteiger partial charge in [0.1, 0.15) is 4.92 Å². The number of benzene rings is 1. The summed E-state index contributed by atoms with van der Waals surface area (Å²) < 4.78 is 6.12. The number of furan rings is 1. The highest BCUT2D eigenvalue weighted by molar-refractivity contribution is 7.98. The van der Waals surface area contributed by atoms with Gasteiger partial charge in [-0.25, -0.2) is 4.98 Å². The van der Waals surface area contributed by atoms with E-state index in [1.54, 1.807) is 23.1 Å². The van der Waals surface area contributed by atoms with Crippen LogP contribution in [0.1, 0.15) is 15.4 Å². The van der Waals surface area contributed by atoms with Gasteiger partial charge in [0.05, 0.1) is 16.3 Å². The fourth-order valence-corrected chi connectivity index (χ4v) is 5.01. The lowest BCUT2D eigenvalue weighted by Crippen LogP contribution is -2.32. The zero-order chi connectivity index (χ0) is 20.4. The summed E-state index contributed by atoms with van der Waals surface area (Å²) in [5.74, 6) is -0.980. The largest absolute Gasteiger partial charge is 0.433 e. The number of thioether (sulfide) groups is 1. The van der Waals surface area contributed by atoms with E-state index < -0.39 is 16.7 Å². The molecule has 3 heterocycles. The van der Waals surface area contributed by atoms with E-state index in [2.05, 4.69) is 4.98 Å². The molecule has 1 aromatic carbocycles. The van der Waals surface area contributed by atoms with Crippen LogP contribution in [0, 0.1) is 10.1 Å². The van der Waals surface area contributed by atoms with Gasteiger partial charge in [-0.05, 0) is 48.4 Å². The van der Waals surface area contributed by atoms with Crippen molar-refractivity contribution in [1.29, 1.82) is 0 Å². The number of fused-ring (bicyclic) bond motifs is 1. The predicted molar refractivity (Wildman–Crippen MR) is 116 cm³/mol. The van der Waals surface area contributed by atoms with E-state index in [4.69, 9.17) is 4.42 Å². The summed E-state index contributed by atoms with van der Waals surface area (Å²) in [6, 6.07) is 12.5. The number of nitro groups is 1. The Kier molecular flexibility index (Phi) is 5.65. The van der Waals surface area contributed by atoms with Crippen LogP contribution in [-0.4, -0.2) is 28.6 Å². The molecule has 4 rings (SSSR count). The molecular weight excluding hydrogens is 430 g/mol. The zero-order valence-corrected chi connectivity index (χ0v) is 17.7. The summed E-state index contributed by atoms with van der Waals surface area (Å²) in [5.41, 5.74) is 0.808. The highest BCUT2D eigenvalue weighted by Gasteiger charge is 2.26. The standard InChI is InChI=1S/C19H15N3O4S3/c1-27-13-4-5-14-16(11-13)29-19(20-14)21(9-8-12-3-2-10-28-12)18(23)15-6-7-17(26-15)22(24)25/h2-7,10-11H,8-9H2,1H3. The third kappa shape index (κ3) is 4.19. The molecule has 3 aromatic heterocycles. The van der Waals surface area contributed by atoms with E-state index in [9.17, 15) is 14.9 Å². The Morgan fingerprint density at radius 1 is 1.31 bits per heavy atom. The molecule has 0 aliphatic heterocycles. The van der Waals surface area contributed by atoms with Crippen molar-refractivity contribution in [2.45, 2.75) is 11.3 Å². The second kappa shape index (κ2) is 8.36. The minimum Gasteiger partial charge on any atom is -0.395 e. The Hall–Kier alpha value is -2.69. The average Bonchev–Trinajstić information content (AvgIpc) is 3.47. The maximum atomic E-state index is 13.1. The number of thiazole rings is 1. The second-order valence-electron chi connectivity index (χ2n) is 6.01. The number of thiophene rings is 1. The van der Waals surface area contributed by atoms with E-state index in [1.807, 2.05) is 42.0 Å². The van der Waals surface area contributed by atoms with Crippen molar-refractivity contribution in [3.63, 3.8) is 0 Å². The molecular formula is C19H15N3O4S3. The lowest BCUT2D eigenvalue weighted by atomic mass is 10.3. The van der Waals surface area contributed by atoms with Crippen molar-refractivity contribution in [1.82, 2.24) is 4.98 Å². The highest BCUT2D eigenvalue weighted by atomic mass is 32.2. The minimum absolute atomic E-state index is 0.0769. The Labute approximate surface area is 178 Å². The van der Waals surface area contributed by atoms with E-state index in [-0.39, 0.29) is 5.76 Å². The quantitative estimate of drug-likeness (QED) is 0.213. The third-order valence-electron chi connectivity index (χ3n) is 4.20. The topological polar surface area (TPSA) is 89.5 Å². The number of hydrogen-bond donors (Lipinski definition) is 0. The van der Waals surface area contributed by atoms with E-state index >= 15 is 0 Å². The Balaban J connectivity index is 1.68. The van der Waals surface area contributed by atoms with Gasteiger partial charge in [0.15, 0.2) is 10.9 Å². The molecule has 0 unspecified atom stereocenters. The highest BCUT2D eigenvalue weighted by Crippen LogP contribution is 2.33. The SMILES string of the molecule is CSc1ccc2nc(N(CCc3cccs3)C(=O)c3ccc([N+](=O)[O-])o3)sc2c1. The van der Waals surface area contributed by atoms with Crippen molar-refractivity contribution in [2.24, 2.45) is 0 Å². The lowest BCUT2D eigenvalue weighted by molar-refractivity contribution is -0.402. The van der Waals surface area contributed by atoms with Crippen molar-refractivity contribution < 1.29 is 14.1 Å². The van der Waals surface area contributed by atoms with Gasteiger partial charge in [0, 0.05) is 16.3 Å². The van der Waals surface area contributed by atoms with E-state index in [0.717, 1.165) is 20.0 Å². The van der Waals surface area contributed by atoms with Crippen LogP contribution in [0.4, 0.5) is 11.0 Å². The Morgan fingerprint density at radius 3 is 2.86 bits per heavy atom. The summed E-state index contributed by atoms with van der Waals surface area (Å²) in [7, 11) is 0. The van der Waals surface area contributed by atoms with Gasteiger partial charge >= 0.3 is 5.88 Å². The Morgan fingerprint density at radius 2 is 2.17 bits per heavy atom. The summed E-state index contributed by atoms with van der Waals surface area (Å²) in [6.07, 6.45) is 2.65. The number of nitrogens with zero attached hydrogens (tertiary/aromatic N) is 3. The normalized spacial score (nSPS) is 11.1. The molecule has 29 heavy (non-hydrogen) atoms. The first-order valence-electron chi connectivity index (χ1n) is 8.58. The molecule has 4 aromatic rings. The van der Waals surface area contributed by atoms with Gasteiger partial charge in [-0.3, -0.25) is 19.8 Å². The van der Waals surface area contributed by atoms with Gasteiger partial charge < -0.3 is 4.42 Å². The molecule has 0 bridgehead atoms. The number of carbonyl (C=O) groups excluding carboxylic acids is 1. The maximum absolute atomic E-state index is 13.1. The minimum atomic E-state index is -0.658. The van der Waals surface area contributed by atoms with Crippen molar-refractivity contribution in [2.75, 3.05) is 17.7 Å². The van der Waals surface area contributed by atoms with Crippen LogP contribution in [-0.2, 0) is 6.42 Å². The summed E-state index contributed by atoms with van der Waals surface area (Å²) in [5, 5.41) is 13.4. The number of hydrogen-bond acceptors (Lipinski definition) is 8. The number of amides is 1. The molecule has 0 saturated carbocycles. The van der Waals surface area contributed by atoms with Crippen LogP contribution in [0.3, 0.4) is 0 Å². The molecule has 0 fully saturated rings. The average molecular weight is 446 g/mol. The first-order chi connectivity index (χ1) is 14.0. The lowest BCUT2D eigenvalue weighted by Gasteiger charge is -2.18. The summed E-state index contributed by atoms with van der Waals surface area (Å²) in [6.45, 7) is 0.392. The van der Waals surface area contributed by atoms with Crippen LogP contribution in [0.5, 0.6) is 0 Å². The molecule has 148 valence electrons. The van der Waals surface area contributed by atoms with Gasteiger partial charge in [-0.15, -0.1) is 23.1 Å². The molecule has 1 amide bonds. The number of rotatable bonds is 7. The van der Waals surface area contributed by atoms with Crippen LogP contribution in [0.2, 0.25) is 0 Å². The summed E-state index contributed by atoms with van der Waals surface area (Å²) >= 11 is 4.67. The number of anilines is 1. The van der Waals surface area contributed by atoms with Crippen LogP contribution in [0.15, 0.2) is 57.2 Å². The van der Waals surface area contributed by atoms with Crippen LogP contribution < -0.4 is 4.90 Å². The van der Waals surface area contributed by atoms with Crippen LogP contribution >= 0.6 is 34.4 Å². The molecule has 7 nitrogen and oxygen atoms in total. The van der Waals surface area contributed by atoms with Crippen molar-refractivity contribution in [3.8, 4) is 0 Å². The fourth-order valence-electron chi connectivity index (χ4n) is 2.77. The van der Waals surface area contributed by atoms with Crippen LogP contribution in [0.25, 0.3) is 10.2 Å². The number of carbonyl (C=O) groups is 1. The van der Waals surface area contributed by atoms with E-state index in [0.29, 0.717) is 18.1 Å². The molecule has 10 heteroatoms. The summed E-state index contributed by atoms with van der Waals surface area (Å²) in [4.78, 5) is 31.8.